The highest BCUT2D eigenvalue weighted by Crippen LogP contribution is 2.09. The number of hydrogen-bond donors (Lipinski definition) is 2. The lowest BCUT2D eigenvalue weighted by atomic mass is 10.2. The fourth-order valence-electron chi connectivity index (χ4n) is 2.10. The number of nitrogens with one attached hydrogen (secondary N) is 1. The molecule has 0 bridgehead atoms. The third-order valence-corrected chi connectivity index (χ3v) is 3.45. The number of benzene rings is 1. The highest BCUT2D eigenvalue weighted by Gasteiger charge is 2.11. The molecule has 0 saturated carbocycles. The number of rotatable bonds is 8. The molecule has 0 saturated heterocycles. The van der Waals surface area contributed by atoms with Gasteiger partial charge < -0.3 is 15.8 Å². The summed E-state index contributed by atoms with van der Waals surface area (Å²) in [7, 11) is 1.53. The van der Waals surface area contributed by atoms with Gasteiger partial charge in [0.1, 0.15) is 5.82 Å². The molecular weight excluding hydrogens is 299 g/mol. The van der Waals surface area contributed by atoms with E-state index in [1.54, 1.807) is 23.0 Å². The number of halogens is 1. The van der Waals surface area contributed by atoms with Crippen LogP contribution in [0.15, 0.2) is 36.5 Å². The molecule has 3 N–H and O–H groups in total. The van der Waals surface area contributed by atoms with E-state index < -0.39 is 0 Å². The molecule has 1 atom stereocenters. The summed E-state index contributed by atoms with van der Waals surface area (Å²) in [5.41, 5.74) is 7.11. The molecule has 1 aromatic carbocycles. The van der Waals surface area contributed by atoms with Gasteiger partial charge in [-0.1, -0.05) is 0 Å². The molecule has 1 amide bonds. The Bertz CT molecular complexity index is 623. The van der Waals surface area contributed by atoms with Crippen LogP contribution >= 0.6 is 0 Å². The van der Waals surface area contributed by atoms with E-state index in [9.17, 15) is 9.18 Å². The van der Waals surface area contributed by atoms with Gasteiger partial charge in [-0.25, -0.2) is 9.07 Å². The van der Waals surface area contributed by atoms with Crippen LogP contribution in [-0.4, -0.2) is 42.0 Å². The van der Waals surface area contributed by atoms with Crippen LogP contribution < -0.4 is 11.1 Å². The van der Waals surface area contributed by atoms with Crippen molar-refractivity contribution in [1.82, 2.24) is 15.1 Å². The van der Waals surface area contributed by atoms with Crippen molar-refractivity contribution in [3.8, 4) is 5.69 Å². The normalized spacial score (nSPS) is 12.1. The number of carbonyl (C=O) groups excluding carboxylic acids is 1. The second kappa shape index (κ2) is 8.40. The molecule has 0 aliphatic carbocycles. The molecule has 1 aromatic heterocycles. The van der Waals surface area contributed by atoms with E-state index in [-0.39, 0.29) is 24.2 Å². The summed E-state index contributed by atoms with van der Waals surface area (Å²) >= 11 is 0. The molecule has 1 unspecified atom stereocenters. The number of amides is 1. The maximum atomic E-state index is 12.9. The maximum absolute atomic E-state index is 12.9. The second-order valence-electron chi connectivity index (χ2n) is 5.13. The Morgan fingerprint density at radius 3 is 2.78 bits per heavy atom. The summed E-state index contributed by atoms with van der Waals surface area (Å²) < 4.78 is 19.6. The summed E-state index contributed by atoms with van der Waals surface area (Å²) in [6, 6.07) is 7.96. The Morgan fingerprint density at radius 1 is 1.39 bits per heavy atom. The van der Waals surface area contributed by atoms with Crippen molar-refractivity contribution in [3.63, 3.8) is 0 Å². The van der Waals surface area contributed by atoms with Crippen LogP contribution in [0.4, 0.5) is 4.39 Å². The SMILES string of the molecule is COC(CN)CC(=O)NCCc1ccn(-c2ccc(F)cc2)n1. The molecule has 1 heterocycles. The number of ether oxygens (including phenoxy) is 1. The van der Waals surface area contributed by atoms with Gasteiger partial charge in [-0.3, -0.25) is 4.79 Å². The van der Waals surface area contributed by atoms with Gasteiger partial charge in [-0.2, -0.15) is 5.10 Å². The van der Waals surface area contributed by atoms with Crippen molar-refractivity contribution >= 4 is 5.91 Å². The lowest BCUT2D eigenvalue weighted by Gasteiger charge is -2.12. The Morgan fingerprint density at radius 2 is 2.13 bits per heavy atom. The van der Waals surface area contributed by atoms with Crippen LogP contribution in [0.1, 0.15) is 12.1 Å². The van der Waals surface area contributed by atoms with E-state index in [2.05, 4.69) is 10.4 Å². The van der Waals surface area contributed by atoms with Crippen molar-refractivity contribution in [2.75, 3.05) is 20.2 Å². The minimum atomic E-state index is -0.282. The maximum Gasteiger partial charge on any atom is 0.222 e. The Kier molecular flexibility index (Phi) is 6.25. The average molecular weight is 320 g/mol. The fourth-order valence-corrected chi connectivity index (χ4v) is 2.10. The van der Waals surface area contributed by atoms with Gasteiger partial charge in [0.25, 0.3) is 0 Å². The highest BCUT2D eigenvalue weighted by molar-refractivity contribution is 5.76. The first-order valence-electron chi connectivity index (χ1n) is 7.42. The lowest BCUT2D eigenvalue weighted by molar-refractivity contribution is -0.123. The molecule has 124 valence electrons. The number of methoxy groups -OCH3 is 1. The second-order valence-corrected chi connectivity index (χ2v) is 5.13. The zero-order chi connectivity index (χ0) is 16.7. The summed E-state index contributed by atoms with van der Waals surface area (Å²) in [4.78, 5) is 11.7. The highest BCUT2D eigenvalue weighted by atomic mass is 19.1. The molecule has 0 fully saturated rings. The minimum absolute atomic E-state index is 0.0970. The van der Waals surface area contributed by atoms with E-state index in [1.165, 1.54) is 19.2 Å². The van der Waals surface area contributed by atoms with Crippen molar-refractivity contribution in [2.45, 2.75) is 18.9 Å². The van der Waals surface area contributed by atoms with Crippen molar-refractivity contribution < 1.29 is 13.9 Å². The van der Waals surface area contributed by atoms with Crippen LogP contribution in [0.25, 0.3) is 5.69 Å². The first kappa shape index (κ1) is 17.1. The lowest BCUT2D eigenvalue weighted by Crippen LogP contribution is -2.33. The summed E-state index contributed by atoms with van der Waals surface area (Å²) in [6.07, 6.45) is 2.41. The first-order chi connectivity index (χ1) is 11.1. The molecule has 0 spiro atoms. The quantitative estimate of drug-likeness (QED) is 0.761. The summed E-state index contributed by atoms with van der Waals surface area (Å²) in [5.74, 6) is -0.379. The number of nitrogens with zero attached hydrogens (tertiary/aromatic N) is 2. The smallest absolute Gasteiger partial charge is 0.222 e. The molecule has 0 radical (unpaired) electrons. The predicted molar refractivity (Wildman–Crippen MR) is 84.7 cm³/mol. The molecular formula is C16H21FN4O2. The van der Waals surface area contributed by atoms with E-state index in [0.29, 0.717) is 19.5 Å². The van der Waals surface area contributed by atoms with Crippen LogP contribution in [-0.2, 0) is 16.0 Å². The monoisotopic (exact) mass is 320 g/mol. The molecule has 0 aliphatic heterocycles. The number of carbonyl (C=O) groups is 1. The molecule has 23 heavy (non-hydrogen) atoms. The van der Waals surface area contributed by atoms with Crippen molar-refractivity contribution in [2.24, 2.45) is 5.73 Å². The van der Waals surface area contributed by atoms with Gasteiger partial charge in [-0.05, 0) is 30.3 Å². The van der Waals surface area contributed by atoms with E-state index in [0.717, 1.165) is 11.4 Å². The van der Waals surface area contributed by atoms with Gasteiger partial charge in [0.05, 0.1) is 23.9 Å². The van der Waals surface area contributed by atoms with Crippen LogP contribution in [0.2, 0.25) is 0 Å². The summed E-state index contributed by atoms with van der Waals surface area (Å²) in [6.45, 7) is 0.798. The first-order valence-corrected chi connectivity index (χ1v) is 7.42. The Hall–Kier alpha value is -2.25. The standard InChI is InChI=1S/C16H21FN4O2/c1-23-15(11-18)10-16(22)19-8-6-13-7-9-21(20-13)14-4-2-12(17)3-5-14/h2-5,7,9,15H,6,8,10-11,18H2,1H3,(H,19,22). The average Bonchev–Trinajstić information content (AvgIpc) is 3.02. The molecule has 0 aliphatic rings. The zero-order valence-corrected chi connectivity index (χ0v) is 13.0. The zero-order valence-electron chi connectivity index (χ0n) is 13.0. The third kappa shape index (κ3) is 5.15. The third-order valence-electron chi connectivity index (χ3n) is 3.45. The fraction of sp³-hybridized carbons (Fsp3) is 0.375. The Labute approximate surface area is 134 Å². The Balaban J connectivity index is 1.81. The van der Waals surface area contributed by atoms with Gasteiger partial charge >= 0.3 is 0 Å². The van der Waals surface area contributed by atoms with Crippen LogP contribution in [0.5, 0.6) is 0 Å². The van der Waals surface area contributed by atoms with Gasteiger partial charge in [0.15, 0.2) is 0 Å². The minimum Gasteiger partial charge on any atom is -0.380 e. The van der Waals surface area contributed by atoms with E-state index in [1.807, 2.05) is 6.07 Å². The van der Waals surface area contributed by atoms with Crippen molar-refractivity contribution in [1.29, 1.82) is 0 Å². The molecule has 6 nitrogen and oxygen atoms in total. The molecule has 7 heteroatoms. The van der Waals surface area contributed by atoms with E-state index in [4.69, 9.17) is 10.5 Å². The van der Waals surface area contributed by atoms with Crippen LogP contribution in [0.3, 0.4) is 0 Å². The van der Waals surface area contributed by atoms with Gasteiger partial charge in [0.2, 0.25) is 5.91 Å². The predicted octanol–water partition coefficient (Wildman–Crippen LogP) is 1.03. The van der Waals surface area contributed by atoms with Crippen LogP contribution in [0, 0.1) is 5.82 Å². The molecule has 2 aromatic rings. The topological polar surface area (TPSA) is 82.2 Å². The van der Waals surface area contributed by atoms with Gasteiger partial charge in [-0.15, -0.1) is 0 Å². The number of aromatic nitrogens is 2. The molecule has 2 rings (SSSR count). The van der Waals surface area contributed by atoms with Crippen molar-refractivity contribution in [3.05, 3.63) is 48.0 Å². The van der Waals surface area contributed by atoms with E-state index >= 15 is 0 Å². The number of hydrogen-bond acceptors (Lipinski definition) is 4. The van der Waals surface area contributed by atoms with Gasteiger partial charge in [0, 0.05) is 32.8 Å². The largest absolute Gasteiger partial charge is 0.380 e. The number of nitrogens with two attached hydrogens (primary N) is 1. The summed E-state index contributed by atoms with van der Waals surface area (Å²) in [5, 5.41) is 7.21.